The molecule has 3 N–H and O–H groups in total. The first-order valence-electron chi connectivity index (χ1n) is 7.71. The van der Waals surface area contributed by atoms with Crippen LogP contribution in [0.4, 0.5) is 13.2 Å². The van der Waals surface area contributed by atoms with Crippen LogP contribution in [0.2, 0.25) is 0 Å². The van der Waals surface area contributed by atoms with Crippen molar-refractivity contribution in [2.75, 3.05) is 5.84 Å². The van der Waals surface area contributed by atoms with Gasteiger partial charge in [0.1, 0.15) is 10.7 Å². The minimum absolute atomic E-state index is 0.0870. The maximum Gasteiger partial charge on any atom is 0.453 e. The Morgan fingerprint density at radius 2 is 2.11 bits per heavy atom. The normalized spacial score (nSPS) is 12.1. The average Bonchev–Trinajstić information content (AvgIpc) is 3.30. The van der Waals surface area contributed by atoms with Gasteiger partial charge in [-0.15, -0.1) is 32.9 Å². The first kappa shape index (κ1) is 19.0. The van der Waals surface area contributed by atoms with Crippen LogP contribution in [0.15, 0.2) is 27.5 Å². The van der Waals surface area contributed by atoms with E-state index < -0.39 is 12.0 Å². The molecule has 0 saturated heterocycles. The zero-order valence-corrected chi connectivity index (χ0v) is 16.5. The maximum atomic E-state index is 12.7. The molecule has 0 fully saturated rings. The van der Waals surface area contributed by atoms with E-state index in [2.05, 4.69) is 20.2 Å². The predicted octanol–water partition coefficient (Wildman–Crippen LogP) is 3.64. The number of aromatic nitrogens is 5. The number of rotatable bonds is 4. The highest BCUT2D eigenvalue weighted by atomic mass is 32.2. The van der Waals surface area contributed by atoms with E-state index in [1.165, 1.54) is 11.3 Å². The molecule has 0 saturated carbocycles. The molecule has 4 aromatic heterocycles. The van der Waals surface area contributed by atoms with E-state index in [4.69, 9.17) is 5.84 Å². The highest BCUT2D eigenvalue weighted by molar-refractivity contribution is 7.98. The van der Waals surface area contributed by atoms with Crippen LogP contribution in [0.5, 0.6) is 0 Å². The number of aromatic amines is 1. The number of hydrogen-bond donors (Lipinski definition) is 2. The minimum atomic E-state index is -4.69. The number of nitrogens with zero attached hydrogens (tertiary/aromatic N) is 4. The Labute approximate surface area is 167 Å². The molecule has 4 aromatic rings. The molecule has 0 atom stereocenters. The molecule has 0 amide bonds. The molecule has 7 nitrogen and oxygen atoms in total. The van der Waals surface area contributed by atoms with Crippen molar-refractivity contribution >= 4 is 44.7 Å². The summed E-state index contributed by atoms with van der Waals surface area (Å²) in [6.45, 7) is 1.99. The van der Waals surface area contributed by atoms with Crippen molar-refractivity contribution in [2.45, 2.75) is 24.0 Å². The Morgan fingerprint density at radius 1 is 1.32 bits per heavy atom. The second-order valence-corrected chi connectivity index (χ2v) is 8.80. The standard InChI is InChI=1S/C15H11F3N6OS3/c1-6-2-3-8(28-6)7-4-26-12-10(7)11(25)20-9(21-12)5-27-14-23-22-13(24(14)19)15(16,17)18/h2-4H,5,19H2,1H3,(H,20,21,25). The Bertz CT molecular complexity index is 1220. The van der Waals surface area contributed by atoms with Gasteiger partial charge in [-0.05, 0) is 19.1 Å². The third-order valence-electron chi connectivity index (χ3n) is 3.75. The van der Waals surface area contributed by atoms with E-state index in [1.807, 2.05) is 24.4 Å². The summed E-state index contributed by atoms with van der Waals surface area (Å²) in [6.07, 6.45) is -4.69. The SMILES string of the molecule is Cc1ccc(-c2csc3nc(CSc4nnc(C(F)(F)F)n4N)[nH]c(=O)c23)s1. The van der Waals surface area contributed by atoms with Gasteiger partial charge >= 0.3 is 6.18 Å². The molecule has 0 aromatic carbocycles. The van der Waals surface area contributed by atoms with Crippen LogP contribution in [-0.4, -0.2) is 24.8 Å². The lowest BCUT2D eigenvalue weighted by Gasteiger charge is -2.06. The van der Waals surface area contributed by atoms with Gasteiger partial charge in [0.2, 0.25) is 5.16 Å². The number of alkyl halides is 3. The second kappa shape index (κ2) is 6.90. The summed E-state index contributed by atoms with van der Waals surface area (Å²) in [6, 6.07) is 3.94. The van der Waals surface area contributed by atoms with Gasteiger partial charge in [-0.2, -0.15) is 13.2 Å². The molecule has 4 rings (SSSR count). The third kappa shape index (κ3) is 3.40. The van der Waals surface area contributed by atoms with Crippen molar-refractivity contribution in [2.24, 2.45) is 0 Å². The Balaban J connectivity index is 1.61. The molecular formula is C15H11F3N6OS3. The van der Waals surface area contributed by atoms with Crippen LogP contribution in [0, 0.1) is 6.92 Å². The highest BCUT2D eigenvalue weighted by Gasteiger charge is 2.38. The van der Waals surface area contributed by atoms with E-state index in [0.29, 0.717) is 20.7 Å². The summed E-state index contributed by atoms with van der Waals surface area (Å²) in [4.78, 5) is 22.4. The number of nitrogens with one attached hydrogen (secondary N) is 1. The molecule has 146 valence electrons. The smallest absolute Gasteiger partial charge is 0.335 e. The van der Waals surface area contributed by atoms with Crippen LogP contribution in [0.3, 0.4) is 0 Å². The fourth-order valence-electron chi connectivity index (χ4n) is 2.52. The molecule has 4 heterocycles. The zero-order valence-electron chi connectivity index (χ0n) is 14.1. The van der Waals surface area contributed by atoms with Gasteiger partial charge in [0, 0.05) is 20.7 Å². The average molecular weight is 444 g/mol. The van der Waals surface area contributed by atoms with E-state index >= 15 is 0 Å². The number of H-pyrrole nitrogens is 1. The quantitative estimate of drug-likeness (QED) is 0.368. The minimum Gasteiger partial charge on any atom is -0.335 e. The number of hydrogen-bond acceptors (Lipinski definition) is 8. The highest BCUT2D eigenvalue weighted by Crippen LogP contribution is 2.35. The molecule has 0 radical (unpaired) electrons. The summed E-state index contributed by atoms with van der Waals surface area (Å²) in [5.41, 5.74) is 0.524. The molecule has 0 aliphatic rings. The molecule has 28 heavy (non-hydrogen) atoms. The van der Waals surface area contributed by atoms with Crippen LogP contribution in [0.25, 0.3) is 20.7 Å². The Kier molecular flexibility index (Phi) is 4.67. The Morgan fingerprint density at radius 3 is 2.75 bits per heavy atom. The largest absolute Gasteiger partial charge is 0.453 e. The summed E-state index contributed by atoms with van der Waals surface area (Å²) in [7, 11) is 0. The number of nitrogens with two attached hydrogens (primary N) is 1. The van der Waals surface area contributed by atoms with E-state index in [1.54, 1.807) is 11.3 Å². The molecule has 0 aliphatic heterocycles. The van der Waals surface area contributed by atoms with E-state index in [9.17, 15) is 18.0 Å². The van der Waals surface area contributed by atoms with E-state index in [-0.39, 0.29) is 16.5 Å². The van der Waals surface area contributed by atoms with E-state index in [0.717, 1.165) is 27.1 Å². The topological polar surface area (TPSA) is 102 Å². The van der Waals surface area contributed by atoms with Crippen molar-refractivity contribution in [1.29, 1.82) is 0 Å². The number of fused-ring (bicyclic) bond motifs is 1. The third-order valence-corrected chi connectivity index (χ3v) is 6.62. The lowest BCUT2D eigenvalue weighted by Crippen LogP contribution is -2.21. The lowest BCUT2D eigenvalue weighted by atomic mass is 10.2. The molecule has 13 heteroatoms. The predicted molar refractivity (Wildman–Crippen MR) is 103 cm³/mol. The van der Waals surface area contributed by atoms with Gasteiger partial charge in [0.15, 0.2) is 0 Å². The molecule has 0 bridgehead atoms. The van der Waals surface area contributed by atoms with Gasteiger partial charge in [0.05, 0.1) is 11.1 Å². The lowest BCUT2D eigenvalue weighted by molar-refractivity contribution is -0.146. The fourth-order valence-corrected chi connectivity index (χ4v) is 5.17. The van der Waals surface area contributed by atoms with Crippen LogP contribution in [-0.2, 0) is 11.9 Å². The maximum absolute atomic E-state index is 12.7. The van der Waals surface area contributed by atoms with Crippen LogP contribution < -0.4 is 11.4 Å². The van der Waals surface area contributed by atoms with Gasteiger partial charge in [-0.25, -0.2) is 9.66 Å². The summed E-state index contributed by atoms with van der Waals surface area (Å²) in [5.74, 6) is 4.52. The summed E-state index contributed by atoms with van der Waals surface area (Å²) in [5, 5.41) is 8.75. The molecule has 0 aliphatic carbocycles. The zero-order chi connectivity index (χ0) is 20.1. The Hall–Kier alpha value is -2.38. The molecule has 0 spiro atoms. The fraction of sp³-hybridized carbons (Fsp3) is 0.200. The first-order valence-corrected chi connectivity index (χ1v) is 10.4. The molecular weight excluding hydrogens is 433 g/mol. The van der Waals surface area contributed by atoms with Gasteiger partial charge in [-0.3, -0.25) is 4.79 Å². The number of thioether (sulfide) groups is 1. The number of nitrogen functional groups attached to an aromatic ring is 1. The van der Waals surface area contributed by atoms with Crippen molar-refractivity contribution in [3.05, 3.63) is 44.4 Å². The molecule has 0 unspecified atom stereocenters. The van der Waals surface area contributed by atoms with Crippen molar-refractivity contribution in [3.8, 4) is 10.4 Å². The second-order valence-electron chi connectivity index (χ2n) is 5.72. The number of halogens is 3. The number of thiophene rings is 2. The monoisotopic (exact) mass is 444 g/mol. The summed E-state index contributed by atoms with van der Waals surface area (Å²) >= 11 is 3.82. The van der Waals surface area contributed by atoms with Crippen molar-refractivity contribution in [3.63, 3.8) is 0 Å². The first-order chi connectivity index (χ1) is 13.2. The van der Waals surface area contributed by atoms with Crippen LogP contribution in [0.1, 0.15) is 16.5 Å². The van der Waals surface area contributed by atoms with Crippen molar-refractivity contribution < 1.29 is 13.2 Å². The van der Waals surface area contributed by atoms with Gasteiger partial charge < -0.3 is 10.8 Å². The van der Waals surface area contributed by atoms with Gasteiger partial charge in [-0.1, -0.05) is 11.8 Å². The summed E-state index contributed by atoms with van der Waals surface area (Å²) < 4.78 is 38.6. The van der Waals surface area contributed by atoms with Gasteiger partial charge in [0.25, 0.3) is 11.4 Å². The van der Waals surface area contributed by atoms with Crippen molar-refractivity contribution in [1.82, 2.24) is 24.8 Å². The number of aryl methyl sites for hydroxylation is 1. The van der Waals surface area contributed by atoms with Crippen LogP contribution >= 0.6 is 34.4 Å².